The standard InChI is InChI=1S/C25H25ClN6O/c1-16(2)15-32-24(6-7-31-32)19-8-18(23-5-4-21(26)12-29-23)9-20(10-19)25(33)30-14-22-13-27-17(3)11-28-22/h4-13,16H,14-15H2,1-3H3,(H,30,33). The van der Waals surface area contributed by atoms with E-state index in [4.69, 9.17) is 11.6 Å². The van der Waals surface area contributed by atoms with Crippen LogP contribution in [-0.2, 0) is 13.1 Å². The highest BCUT2D eigenvalue weighted by Gasteiger charge is 2.15. The predicted octanol–water partition coefficient (Wildman–Crippen LogP) is 4.95. The maximum Gasteiger partial charge on any atom is 0.251 e. The highest BCUT2D eigenvalue weighted by atomic mass is 35.5. The maximum absolute atomic E-state index is 13.1. The first kappa shape index (κ1) is 22.6. The number of pyridine rings is 1. The Kier molecular flexibility index (Phi) is 6.79. The molecule has 7 nitrogen and oxygen atoms in total. The fourth-order valence-corrected chi connectivity index (χ4v) is 3.57. The second kappa shape index (κ2) is 9.92. The molecule has 0 fully saturated rings. The molecule has 0 aliphatic rings. The first-order valence-electron chi connectivity index (χ1n) is 10.7. The lowest BCUT2D eigenvalue weighted by Crippen LogP contribution is -2.23. The summed E-state index contributed by atoms with van der Waals surface area (Å²) in [6.45, 7) is 7.23. The number of aryl methyl sites for hydroxylation is 1. The van der Waals surface area contributed by atoms with E-state index in [2.05, 4.69) is 39.2 Å². The summed E-state index contributed by atoms with van der Waals surface area (Å²) in [6.07, 6.45) is 6.73. The average molecular weight is 461 g/mol. The highest BCUT2D eigenvalue weighted by Crippen LogP contribution is 2.28. The van der Waals surface area contributed by atoms with Crippen molar-refractivity contribution < 1.29 is 4.79 Å². The lowest BCUT2D eigenvalue weighted by Gasteiger charge is -2.13. The second-order valence-corrected chi connectivity index (χ2v) is 8.72. The molecule has 1 N–H and O–H groups in total. The number of rotatable bonds is 7. The van der Waals surface area contributed by atoms with Crippen LogP contribution in [0.5, 0.6) is 0 Å². The molecule has 4 rings (SSSR count). The third kappa shape index (κ3) is 5.62. The molecule has 33 heavy (non-hydrogen) atoms. The van der Waals surface area contributed by atoms with E-state index in [1.165, 1.54) is 0 Å². The van der Waals surface area contributed by atoms with Crippen LogP contribution >= 0.6 is 11.6 Å². The van der Waals surface area contributed by atoms with Crippen LogP contribution in [0.15, 0.2) is 61.2 Å². The van der Waals surface area contributed by atoms with Crippen molar-refractivity contribution >= 4 is 17.5 Å². The Morgan fingerprint density at radius 3 is 2.55 bits per heavy atom. The highest BCUT2D eigenvalue weighted by molar-refractivity contribution is 6.30. The lowest BCUT2D eigenvalue weighted by atomic mass is 10.0. The van der Waals surface area contributed by atoms with Crippen molar-refractivity contribution in [3.05, 3.63) is 83.2 Å². The van der Waals surface area contributed by atoms with Crippen LogP contribution in [0, 0.1) is 12.8 Å². The van der Waals surface area contributed by atoms with Gasteiger partial charge in [-0.05, 0) is 49.2 Å². The van der Waals surface area contributed by atoms with Crippen molar-refractivity contribution in [1.29, 1.82) is 0 Å². The molecule has 0 saturated carbocycles. The van der Waals surface area contributed by atoms with Gasteiger partial charge in [0.1, 0.15) is 0 Å². The third-order valence-electron chi connectivity index (χ3n) is 5.03. The average Bonchev–Trinajstić information content (AvgIpc) is 3.26. The Bertz CT molecular complexity index is 1250. The normalized spacial score (nSPS) is 11.1. The fourth-order valence-electron chi connectivity index (χ4n) is 3.45. The number of halogens is 1. The molecule has 1 aromatic carbocycles. The minimum atomic E-state index is -0.204. The summed E-state index contributed by atoms with van der Waals surface area (Å²) >= 11 is 6.02. The van der Waals surface area contributed by atoms with Gasteiger partial charge in [-0.15, -0.1) is 0 Å². The zero-order valence-corrected chi connectivity index (χ0v) is 19.5. The van der Waals surface area contributed by atoms with Crippen LogP contribution in [0.4, 0.5) is 0 Å². The Morgan fingerprint density at radius 2 is 1.85 bits per heavy atom. The molecule has 0 aliphatic heterocycles. The SMILES string of the molecule is Cc1cnc(CNC(=O)c2cc(-c3ccc(Cl)cn3)cc(-c3ccnn3CC(C)C)c2)cn1. The van der Waals surface area contributed by atoms with Crippen LogP contribution in [-0.4, -0.2) is 30.6 Å². The molecule has 0 saturated heterocycles. The van der Waals surface area contributed by atoms with Gasteiger partial charge in [0.05, 0.1) is 40.5 Å². The summed E-state index contributed by atoms with van der Waals surface area (Å²) in [5, 5.41) is 7.97. The molecule has 0 unspecified atom stereocenters. The number of amides is 1. The van der Waals surface area contributed by atoms with Crippen molar-refractivity contribution in [2.24, 2.45) is 5.92 Å². The predicted molar refractivity (Wildman–Crippen MR) is 129 cm³/mol. The van der Waals surface area contributed by atoms with Crippen molar-refractivity contribution in [3.8, 4) is 22.5 Å². The number of hydrogen-bond donors (Lipinski definition) is 1. The van der Waals surface area contributed by atoms with Crippen LogP contribution in [0.3, 0.4) is 0 Å². The molecule has 0 atom stereocenters. The van der Waals surface area contributed by atoms with E-state index in [0.717, 1.165) is 34.8 Å². The third-order valence-corrected chi connectivity index (χ3v) is 5.26. The van der Waals surface area contributed by atoms with Gasteiger partial charge in [-0.2, -0.15) is 5.10 Å². The quantitative estimate of drug-likeness (QED) is 0.421. The van der Waals surface area contributed by atoms with Gasteiger partial charge in [-0.25, -0.2) is 0 Å². The molecular formula is C25H25ClN6O. The van der Waals surface area contributed by atoms with Gasteiger partial charge in [0.2, 0.25) is 0 Å². The van der Waals surface area contributed by atoms with Crippen LogP contribution in [0.25, 0.3) is 22.5 Å². The largest absolute Gasteiger partial charge is 0.346 e. The van der Waals surface area contributed by atoms with Crippen molar-refractivity contribution in [2.75, 3.05) is 0 Å². The Morgan fingerprint density at radius 1 is 1.03 bits per heavy atom. The number of benzene rings is 1. The molecule has 0 aliphatic carbocycles. The lowest BCUT2D eigenvalue weighted by molar-refractivity contribution is 0.0950. The molecular weight excluding hydrogens is 436 g/mol. The van der Waals surface area contributed by atoms with Crippen LogP contribution in [0.2, 0.25) is 5.02 Å². The number of nitrogens with one attached hydrogen (secondary N) is 1. The summed E-state index contributed by atoms with van der Waals surface area (Å²) in [4.78, 5) is 26.1. The Balaban J connectivity index is 1.69. The Labute approximate surface area is 197 Å². The summed E-state index contributed by atoms with van der Waals surface area (Å²) in [5.74, 6) is 0.229. The summed E-state index contributed by atoms with van der Waals surface area (Å²) in [6, 6.07) is 11.3. The number of nitrogens with zero attached hydrogens (tertiary/aromatic N) is 5. The smallest absolute Gasteiger partial charge is 0.251 e. The molecule has 3 aromatic heterocycles. The van der Waals surface area contributed by atoms with E-state index in [0.29, 0.717) is 22.2 Å². The van der Waals surface area contributed by atoms with Crippen molar-refractivity contribution in [2.45, 2.75) is 33.9 Å². The van der Waals surface area contributed by atoms with Gasteiger partial charge >= 0.3 is 0 Å². The monoisotopic (exact) mass is 460 g/mol. The van der Waals surface area contributed by atoms with E-state index in [1.54, 1.807) is 30.9 Å². The van der Waals surface area contributed by atoms with E-state index in [9.17, 15) is 4.79 Å². The first-order chi connectivity index (χ1) is 15.9. The number of carbonyl (C=O) groups excluding carboxylic acids is 1. The molecule has 3 heterocycles. The van der Waals surface area contributed by atoms with Crippen LogP contribution in [0.1, 0.15) is 35.6 Å². The van der Waals surface area contributed by atoms with Gasteiger partial charge < -0.3 is 5.32 Å². The van der Waals surface area contributed by atoms with Gasteiger partial charge in [0.25, 0.3) is 5.91 Å². The van der Waals surface area contributed by atoms with Crippen molar-refractivity contribution in [1.82, 2.24) is 30.0 Å². The summed E-state index contributed by atoms with van der Waals surface area (Å²) in [7, 11) is 0. The molecule has 0 spiro atoms. The van der Waals surface area contributed by atoms with E-state index >= 15 is 0 Å². The zero-order chi connectivity index (χ0) is 23.4. The van der Waals surface area contributed by atoms with Gasteiger partial charge in [-0.1, -0.05) is 25.4 Å². The van der Waals surface area contributed by atoms with E-state index in [-0.39, 0.29) is 12.5 Å². The number of aromatic nitrogens is 5. The summed E-state index contributed by atoms with van der Waals surface area (Å²) < 4.78 is 1.96. The molecule has 168 valence electrons. The molecule has 0 bridgehead atoms. The van der Waals surface area contributed by atoms with Gasteiger partial charge in [0.15, 0.2) is 0 Å². The molecule has 4 aromatic rings. The molecule has 8 heteroatoms. The topological polar surface area (TPSA) is 85.6 Å². The Hall–Kier alpha value is -3.58. The minimum Gasteiger partial charge on any atom is -0.346 e. The van der Waals surface area contributed by atoms with Gasteiger partial charge in [0, 0.05) is 41.8 Å². The molecule has 0 radical (unpaired) electrons. The second-order valence-electron chi connectivity index (χ2n) is 8.28. The van der Waals surface area contributed by atoms with E-state index in [1.807, 2.05) is 41.9 Å². The fraction of sp³-hybridized carbons (Fsp3) is 0.240. The number of carbonyl (C=O) groups is 1. The molecule has 1 amide bonds. The van der Waals surface area contributed by atoms with Gasteiger partial charge in [-0.3, -0.25) is 24.4 Å². The van der Waals surface area contributed by atoms with E-state index < -0.39 is 0 Å². The first-order valence-corrected chi connectivity index (χ1v) is 11.1. The summed E-state index contributed by atoms with van der Waals surface area (Å²) in [5.41, 5.74) is 5.43. The maximum atomic E-state index is 13.1. The van der Waals surface area contributed by atoms with Crippen LogP contribution < -0.4 is 5.32 Å². The zero-order valence-electron chi connectivity index (χ0n) is 18.8. The van der Waals surface area contributed by atoms with Crippen molar-refractivity contribution in [3.63, 3.8) is 0 Å². The minimum absolute atomic E-state index is 0.204. The number of hydrogen-bond acceptors (Lipinski definition) is 5.